The summed E-state index contributed by atoms with van der Waals surface area (Å²) in [6.45, 7) is 3.99. The van der Waals surface area contributed by atoms with E-state index in [-0.39, 0.29) is 16.5 Å². The van der Waals surface area contributed by atoms with Crippen molar-refractivity contribution in [1.82, 2.24) is 9.62 Å². The smallest absolute Gasteiger partial charge is 0.337 e. The fourth-order valence-electron chi connectivity index (χ4n) is 1.67. The first kappa shape index (κ1) is 20.1. The van der Waals surface area contributed by atoms with Gasteiger partial charge >= 0.3 is 5.97 Å². The lowest BCUT2D eigenvalue weighted by molar-refractivity contribution is -0.155. The van der Waals surface area contributed by atoms with E-state index in [0.29, 0.717) is 0 Å². The zero-order chi connectivity index (χ0) is 18.7. The molecule has 9 heteroatoms. The number of sulfonamides is 1. The van der Waals surface area contributed by atoms with Crippen LogP contribution in [-0.2, 0) is 14.8 Å². The molecular weight excluding hydrogens is 336 g/mol. The van der Waals surface area contributed by atoms with Crippen LogP contribution in [-0.4, -0.2) is 60.0 Å². The number of rotatable bonds is 7. The second-order valence-electron chi connectivity index (χ2n) is 5.90. The summed E-state index contributed by atoms with van der Waals surface area (Å²) in [5.41, 5.74) is -2.06. The minimum atomic E-state index is -3.74. The lowest BCUT2D eigenvalue weighted by atomic mass is 10.1. The van der Waals surface area contributed by atoms with E-state index in [2.05, 4.69) is 5.32 Å². The SMILES string of the molecule is CC(C)N(C)S(=O)(=O)c1cccc(C(=O)NCC(C)(O)C(=O)O)c1. The highest BCUT2D eigenvalue weighted by atomic mass is 32.2. The molecule has 1 aromatic rings. The molecule has 1 atom stereocenters. The molecule has 0 aliphatic heterocycles. The first-order valence-corrected chi connectivity index (χ1v) is 8.65. The minimum absolute atomic E-state index is 0.0451. The second kappa shape index (κ2) is 7.29. The van der Waals surface area contributed by atoms with Crippen molar-refractivity contribution in [3.05, 3.63) is 29.8 Å². The Morgan fingerprint density at radius 3 is 2.42 bits per heavy atom. The third-order valence-electron chi connectivity index (χ3n) is 3.55. The van der Waals surface area contributed by atoms with Crippen LogP contribution in [0.2, 0.25) is 0 Å². The lowest BCUT2D eigenvalue weighted by Gasteiger charge is -2.21. The van der Waals surface area contributed by atoms with Crippen LogP contribution in [0, 0.1) is 0 Å². The monoisotopic (exact) mass is 358 g/mol. The van der Waals surface area contributed by atoms with E-state index in [0.717, 1.165) is 6.92 Å². The van der Waals surface area contributed by atoms with Gasteiger partial charge in [0.25, 0.3) is 5.91 Å². The average molecular weight is 358 g/mol. The van der Waals surface area contributed by atoms with Gasteiger partial charge in [0, 0.05) is 18.7 Å². The number of hydrogen-bond acceptors (Lipinski definition) is 5. The Morgan fingerprint density at radius 1 is 1.33 bits per heavy atom. The van der Waals surface area contributed by atoms with Crippen molar-refractivity contribution in [1.29, 1.82) is 0 Å². The van der Waals surface area contributed by atoms with E-state index in [1.54, 1.807) is 13.8 Å². The van der Waals surface area contributed by atoms with E-state index < -0.39 is 34.0 Å². The van der Waals surface area contributed by atoms with Crippen LogP contribution < -0.4 is 5.32 Å². The molecule has 0 heterocycles. The highest BCUT2D eigenvalue weighted by molar-refractivity contribution is 7.89. The molecule has 0 fully saturated rings. The summed E-state index contributed by atoms with van der Waals surface area (Å²) in [5, 5.41) is 20.7. The van der Waals surface area contributed by atoms with Crippen LogP contribution in [0.4, 0.5) is 0 Å². The largest absolute Gasteiger partial charge is 0.479 e. The Morgan fingerprint density at radius 2 is 1.92 bits per heavy atom. The number of hydrogen-bond donors (Lipinski definition) is 3. The first-order valence-electron chi connectivity index (χ1n) is 7.21. The summed E-state index contributed by atoms with van der Waals surface area (Å²) >= 11 is 0. The number of nitrogens with one attached hydrogen (secondary N) is 1. The van der Waals surface area contributed by atoms with Gasteiger partial charge in [-0.25, -0.2) is 13.2 Å². The fraction of sp³-hybridized carbons (Fsp3) is 0.467. The molecule has 1 unspecified atom stereocenters. The number of aliphatic carboxylic acids is 1. The number of benzene rings is 1. The molecule has 0 spiro atoms. The van der Waals surface area contributed by atoms with Crippen LogP contribution in [0.1, 0.15) is 31.1 Å². The van der Waals surface area contributed by atoms with Gasteiger partial charge < -0.3 is 15.5 Å². The Kier molecular flexibility index (Phi) is 6.09. The van der Waals surface area contributed by atoms with E-state index in [1.165, 1.54) is 35.6 Å². The summed E-state index contributed by atoms with van der Waals surface area (Å²) in [7, 11) is -2.30. The topological polar surface area (TPSA) is 124 Å². The molecule has 1 rings (SSSR count). The maximum atomic E-state index is 12.4. The van der Waals surface area contributed by atoms with Gasteiger partial charge in [-0.15, -0.1) is 0 Å². The summed E-state index contributed by atoms with van der Waals surface area (Å²) in [4.78, 5) is 22.8. The quantitative estimate of drug-likeness (QED) is 0.643. The van der Waals surface area contributed by atoms with Gasteiger partial charge in [0.2, 0.25) is 10.0 Å². The minimum Gasteiger partial charge on any atom is -0.479 e. The molecule has 0 bridgehead atoms. The molecule has 1 amide bonds. The summed E-state index contributed by atoms with van der Waals surface area (Å²) < 4.78 is 26.0. The normalized spacial score (nSPS) is 14.5. The number of carbonyl (C=O) groups is 2. The number of carboxylic acid groups (broad SMARTS) is 1. The number of nitrogens with zero attached hydrogens (tertiary/aromatic N) is 1. The van der Waals surface area contributed by atoms with Gasteiger partial charge in [0.15, 0.2) is 5.60 Å². The van der Waals surface area contributed by atoms with Gasteiger partial charge in [-0.1, -0.05) is 6.07 Å². The van der Waals surface area contributed by atoms with Crippen LogP contribution >= 0.6 is 0 Å². The van der Waals surface area contributed by atoms with Crippen LogP contribution in [0.3, 0.4) is 0 Å². The van der Waals surface area contributed by atoms with Gasteiger partial charge in [0.1, 0.15) is 0 Å². The van der Waals surface area contributed by atoms with E-state index >= 15 is 0 Å². The predicted octanol–water partition coefficient (Wildman–Crippen LogP) is 0.281. The third kappa shape index (κ3) is 4.53. The standard InChI is InChI=1S/C15H22N2O6S/c1-10(2)17(4)24(22,23)12-7-5-6-11(8-12)13(18)16-9-15(3,21)14(19)20/h5-8,10,21H,9H2,1-4H3,(H,16,18)(H,19,20). The van der Waals surface area contributed by atoms with Crippen molar-refractivity contribution < 1.29 is 28.2 Å². The molecule has 0 aliphatic rings. The third-order valence-corrected chi connectivity index (χ3v) is 5.58. The summed E-state index contributed by atoms with van der Waals surface area (Å²) in [5.74, 6) is -2.15. The van der Waals surface area contributed by atoms with Crippen molar-refractivity contribution in [3.63, 3.8) is 0 Å². The summed E-state index contributed by atoms with van der Waals surface area (Å²) in [6, 6.07) is 5.15. The van der Waals surface area contributed by atoms with Gasteiger partial charge in [-0.05, 0) is 39.0 Å². The molecule has 0 saturated carbocycles. The zero-order valence-corrected chi connectivity index (χ0v) is 14.8. The number of carbonyl (C=O) groups excluding carboxylic acids is 1. The Hall–Kier alpha value is -1.97. The molecule has 1 aromatic carbocycles. The number of aliphatic hydroxyl groups is 1. The fourth-order valence-corrected chi connectivity index (χ4v) is 3.09. The van der Waals surface area contributed by atoms with E-state index in [1.807, 2.05) is 0 Å². The number of amides is 1. The molecule has 0 aliphatic carbocycles. The van der Waals surface area contributed by atoms with Crippen molar-refractivity contribution in [2.24, 2.45) is 0 Å². The maximum Gasteiger partial charge on any atom is 0.337 e. The predicted molar refractivity (Wildman–Crippen MR) is 87.1 cm³/mol. The Bertz CT molecular complexity index is 727. The zero-order valence-electron chi connectivity index (χ0n) is 14.0. The summed E-state index contributed by atoms with van der Waals surface area (Å²) in [6.07, 6.45) is 0. The number of carboxylic acids is 1. The Balaban J connectivity index is 3.01. The van der Waals surface area contributed by atoms with Crippen molar-refractivity contribution in [2.45, 2.75) is 37.3 Å². The van der Waals surface area contributed by atoms with Crippen molar-refractivity contribution in [2.75, 3.05) is 13.6 Å². The van der Waals surface area contributed by atoms with E-state index in [9.17, 15) is 23.1 Å². The van der Waals surface area contributed by atoms with E-state index in [4.69, 9.17) is 5.11 Å². The average Bonchev–Trinajstić information content (AvgIpc) is 2.51. The van der Waals surface area contributed by atoms with Crippen LogP contribution in [0.15, 0.2) is 29.2 Å². The molecular formula is C15H22N2O6S. The molecule has 0 aromatic heterocycles. The molecule has 8 nitrogen and oxygen atoms in total. The maximum absolute atomic E-state index is 12.4. The van der Waals surface area contributed by atoms with Gasteiger partial charge in [-0.2, -0.15) is 4.31 Å². The molecule has 3 N–H and O–H groups in total. The highest BCUT2D eigenvalue weighted by Crippen LogP contribution is 2.18. The van der Waals surface area contributed by atoms with Crippen molar-refractivity contribution >= 4 is 21.9 Å². The molecule has 0 saturated heterocycles. The van der Waals surface area contributed by atoms with Crippen molar-refractivity contribution in [3.8, 4) is 0 Å². The Labute approximate surface area is 141 Å². The van der Waals surface area contributed by atoms with Crippen LogP contribution in [0.25, 0.3) is 0 Å². The molecule has 134 valence electrons. The van der Waals surface area contributed by atoms with Gasteiger partial charge in [-0.3, -0.25) is 4.79 Å². The lowest BCUT2D eigenvalue weighted by Crippen LogP contribution is -2.46. The van der Waals surface area contributed by atoms with Crippen LogP contribution in [0.5, 0.6) is 0 Å². The second-order valence-corrected chi connectivity index (χ2v) is 7.90. The van der Waals surface area contributed by atoms with Gasteiger partial charge in [0.05, 0.1) is 11.4 Å². The highest BCUT2D eigenvalue weighted by Gasteiger charge is 2.30. The molecule has 24 heavy (non-hydrogen) atoms. The molecule has 0 radical (unpaired) electrons. The first-order chi connectivity index (χ1) is 10.9.